The SMILES string of the molecule is CNC(=O)c1ccc(C#Cc2ncc[nH]2)cc1-c1ccccc1. The molecule has 4 nitrogen and oxygen atoms in total. The molecule has 1 heterocycles. The van der Waals surface area contributed by atoms with Crippen molar-refractivity contribution in [2.24, 2.45) is 0 Å². The highest BCUT2D eigenvalue weighted by Gasteiger charge is 2.11. The smallest absolute Gasteiger partial charge is 0.251 e. The zero-order valence-corrected chi connectivity index (χ0v) is 12.6. The highest BCUT2D eigenvalue weighted by atomic mass is 16.1. The fourth-order valence-electron chi connectivity index (χ4n) is 2.28. The van der Waals surface area contributed by atoms with E-state index in [1.807, 2.05) is 42.5 Å². The number of nitrogens with zero attached hydrogens (tertiary/aromatic N) is 1. The largest absolute Gasteiger partial charge is 0.355 e. The van der Waals surface area contributed by atoms with E-state index in [4.69, 9.17) is 0 Å². The van der Waals surface area contributed by atoms with E-state index in [1.165, 1.54) is 0 Å². The van der Waals surface area contributed by atoms with E-state index >= 15 is 0 Å². The van der Waals surface area contributed by atoms with Gasteiger partial charge in [-0.05, 0) is 35.2 Å². The maximum Gasteiger partial charge on any atom is 0.251 e. The Bertz CT molecular complexity index is 872. The molecule has 0 aliphatic carbocycles. The van der Waals surface area contributed by atoms with Crippen molar-refractivity contribution in [1.29, 1.82) is 0 Å². The second-order valence-electron chi connectivity index (χ2n) is 4.89. The number of imidazole rings is 1. The van der Waals surface area contributed by atoms with Crippen molar-refractivity contribution in [3.05, 3.63) is 77.9 Å². The molecule has 0 unspecified atom stereocenters. The predicted molar refractivity (Wildman–Crippen MR) is 89.8 cm³/mol. The third kappa shape index (κ3) is 3.30. The summed E-state index contributed by atoms with van der Waals surface area (Å²) in [6.45, 7) is 0. The number of benzene rings is 2. The normalized spacial score (nSPS) is 9.78. The molecule has 0 bridgehead atoms. The number of carbonyl (C=O) groups excluding carboxylic acids is 1. The molecule has 112 valence electrons. The van der Waals surface area contributed by atoms with Crippen molar-refractivity contribution in [1.82, 2.24) is 15.3 Å². The number of amides is 1. The van der Waals surface area contributed by atoms with Crippen LogP contribution < -0.4 is 5.32 Å². The first-order chi connectivity index (χ1) is 11.3. The van der Waals surface area contributed by atoms with Crippen LogP contribution in [0.2, 0.25) is 0 Å². The Morgan fingerprint density at radius 1 is 1.13 bits per heavy atom. The number of aromatic nitrogens is 2. The van der Waals surface area contributed by atoms with Crippen LogP contribution in [0.1, 0.15) is 21.7 Å². The van der Waals surface area contributed by atoms with Gasteiger partial charge in [-0.15, -0.1) is 0 Å². The highest BCUT2D eigenvalue weighted by molar-refractivity contribution is 6.01. The Morgan fingerprint density at radius 3 is 2.65 bits per heavy atom. The van der Waals surface area contributed by atoms with Gasteiger partial charge in [0.15, 0.2) is 5.82 Å². The lowest BCUT2D eigenvalue weighted by Crippen LogP contribution is -2.18. The summed E-state index contributed by atoms with van der Waals surface area (Å²) in [7, 11) is 1.63. The average molecular weight is 301 g/mol. The minimum absolute atomic E-state index is 0.116. The Hall–Kier alpha value is -3.32. The first-order valence-corrected chi connectivity index (χ1v) is 7.21. The monoisotopic (exact) mass is 301 g/mol. The van der Waals surface area contributed by atoms with Gasteiger partial charge < -0.3 is 10.3 Å². The Labute approximate surface area is 134 Å². The zero-order valence-electron chi connectivity index (χ0n) is 12.6. The van der Waals surface area contributed by atoms with Crippen LogP contribution in [0.3, 0.4) is 0 Å². The second-order valence-corrected chi connectivity index (χ2v) is 4.89. The summed E-state index contributed by atoms with van der Waals surface area (Å²) in [6, 6.07) is 15.4. The van der Waals surface area contributed by atoms with Crippen LogP contribution in [-0.2, 0) is 0 Å². The summed E-state index contributed by atoms with van der Waals surface area (Å²) >= 11 is 0. The fraction of sp³-hybridized carbons (Fsp3) is 0.0526. The van der Waals surface area contributed by atoms with Gasteiger partial charge in [0.25, 0.3) is 5.91 Å². The molecule has 2 N–H and O–H groups in total. The van der Waals surface area contributed by atoms with Crippen molar-refractivity contribution in [2.45, 2.75) is 0 Å². The van der Waals surface area contributed by atoms with E-state index in [9.17, 15) is 4.79 Å². The number of carbonyl (C=O) groups is 1. The number of hydrogen-bond donors (Lipinski definition) is 2. The van der Waals surface area contributed by atoms with Crippen LogP contribution in [0.25, 0.3) is 11.1 Å². The molecule has 1 amide bonds. The van der Waals surface area contributed by atoms with Gasteiger partial charge in [-0.3, -0.25) is 4.79 Å². The topological polar surface area (TPSA) is 57.8 Å². The Morgan fingerprint density at radius 2 is 1.96 bits per heavy atom. The Balaban J connectivity index is 2.06. The summed E-state index contributed by atoms with van der Waals surface area (Å²) in [5.41, 5.74) is 3.29. The van der Waals surface area contributed by atoms with E-state index in [-0.39, 0.29) is 5.91 Å². The summed E-state index contributed by atoms with van der Waals surface area (Å²) in [4.78, 5) is 19.1. The maximum absolute atomic E-state index is 12.1. The summed E-state index contributed by atoms with van der Waals surface area (Å²) < 4.78 is 0. The minimum atomic E-state index is -0.116. The quantitative estimate of drug-likeness (QED) is 0.715. The van der Waals surface area contributed by atoms with Crippen molar-refractivity contribution in [3.8, 4) is 23.0 Å². The zero-order chi connectivity index (χ0) is 16.1. The van der Waals surface area contributed by atoms with Crippen LogP contribution in [0.4, 0.5) is 0 Å². The standard InChI is InChI=1S/C19H15N3O/c1-20-19(23)16-9-7-14(8-10-18-21-11-12-22-18)13-17(16)15-5-3-2-4-6-15/h2-7,9,11-13H,1H3,(H,20,23)(H,21,22). The van der Waals surface area contributed by atoms with E-state index in [2.05, 4.69) is 27.1 Å². The molecule has 0 aliphatic heterocycles. The van der Waals surface area contributed by atoms with Crippen LogP contribution in [-0.4, -0.2) is 22.9 Å². The minimum Gasteiger partial charge on any atom is -0.355 e. The average Bonchev–Trinajstić information content (AvgIpc) is 3.13. The van der Waals surface area contributed by atoms with Crippen LogP contribution in [0.5, 0.6) is 0 Å². The molecule has 3 rings (SSSR count). The number of rotatable bonds is 2. The summed E-state index contributed by atoms with van der Waals surface area (Å²) in [5, 5.41) is 2.68. The lowest BCUT2D eigenvalue weighted by molar-refractivity contribution is 0.0963. The number of nitrogens with one attached hydrogen (secondary N) is 2. The molecule has 0 fully saturated rings. The van der Waals surface area contributed by atoms with Gasteiger partial charge in [0.2, 0.25) is 0 Å². The first-order valence-electron chi connectivity index (χ1n) is 7.21. The lowest BCUT2D eigenvalue weighted by atomic mass is 9.97. The highest BCUT2D eigenvalue weighted by Crippen LogP contribution is 2.25. The molecule has 0 radical (unpaired) electrons. The molecular formula is C19H15N3O. The second kappa shape index (κ2) is 6.63. The lowest BCUT2D eigenvalue weighted by Gasteiger charge is -2.09. The van der Waals surface area contributed by atoms with Crippen molar-refractivity contribution >= 4 is 5.91 Å². The van der Waals surface area contributed by atoms with E-state index in [0.717, 1.165) is 16.7 Å². The van der Waals surface area contributed by atoms with Crippen molar-refractivity contribution < 1.29 is 4.79 Å². The predicted octanol–water partition coefficient (Wildman–Crippen LogP) is 2.84. The third-order valence-corrected chi connectivity index (χ3v) is 3.40. The van der Waals surface area contributed by atoms with Gasteiger partial charge in [-0.2, -0.15) is 0 Å². The van der Waals surface area contributed by atoms with Gasteiger partial charge in [0.05, 0.1) is 0 Å². The van der Waals surface area contributed by atoms with Crippen LogP contribution >= 0.6 is 0 Å². The molecule has 0 aliphatic rings. The molecule has 23 heavy (non-hydrogen) atoms. The molecule has 3 aromatic rings. The molecule has 2 aromatic carbocycles. The molecular weight excluding hydrogens is 286 g/mol. The fourth-order valence-corrected chi connectivity index (χ4v) is 2.28. The molecule has 0 atom stereocenters. The Kier molecular flexibility index (Phi) is 4.21. The first kappa shape index (κ1) is 14.6. The van der Waals surface area contributed by atoms with E-state index in [1.54, 1.807) is 25.5 Å². The maximum atomic E-state index is 12.1. The van der Waals surface area contributed by atoms with Crippen LogP contribution in [0, 0.1) is 11.8 Å². The summed E-state index contributed by atoms with van der Waals surface area (Å²) in [5.74, 6) is 6.53. The third-order valence-electron chi connectivity index (χ3n) is 3.40. The van der Waals surface area contributed by atoms with Gasteiger partial charge in [0.1, 0.15) is 0 Å². The van der Waals surface area contributed by atoms with Gasteiger partial charge in [0, 0.05) is 30.6 Å². The van der Waals surface area contributed by atoms with Gasteiger partial charge in [-0.1, -0.05) is 36.3 Å². The van der Waals surface area contributed by atoms with Crippen molar-refractivity contribution in [2.75, 3.05) is 7.05 Å². The number of aromatic amines is 1. The molecule has 0 saturated carbocycles. The summed E-state index contributed by atoms with van der Waals surface area (Å²) in [6.07, 6.45) is 3.39. The molecule has 4 heteroatoms. The van der Waals surface area contributed by atoms with E-state index in [0.29, 0.717) is 11.4 Å². The van der Waals surface area contributed by atoms with Gasteiger partial charge >= 0.3 is 0 Å². The molecule has 1 aromatic heterocycles. The van der Waals surface area contributed by atoms with E-state index < -0.39 is 0 Å². The molecule has 0 saturated heterocycles. The van der Waals surface area contributed by atoms with Crippen LogP contribution in [0.15, 0.2) is 60.9 Å². The molecule has 0 spiro atoms. The van der Waals surface area contributed by atoms with Gasteiger partial charge in [-0.25, -0.2) is 4.98 Å². The number of H-pyrrole nitrogens is 1. The number of hydrogen-bond acceptors (Lipinski definition) is 2. The van der Waals surface area contributed by atoms with Crippen molar-refractivity contribution in [3.63, 3.8) is 0 Å².